The van der Waals surface area contributed by atoms with Gasteiger partial charge in [0.05, 0.1) is 22.8 Å². The van der Waals surface area contributed by atoms with Crippen LogP contribution < -0.4 is 15.5 Å². The average molecular weight is 848 g/mol. The fraction of sp³-hybridized carbons (Fsp3) is 0.0656. The van der Waals surface area contributed by atoms with Gasteiger partial charge in [-0.2, -0.15) is 0 Å². The number of para-hydroxylation sites is 1. The van der Waals surface area contributed by atoms with Gasteiger partial charge in [0.25, 0.3) is 0 Å². The lowest BCUT2D eigenvalue weighted by atomic mass is 9.90. The van der Waals surface area contributed by atoms with E-state index < -0.39 is 0 Å². The number of fused-ring (bicyclic) bond motifs is 8. The molecule has 2 N–H and O–H groups in total. The Morgan fingerprint density at radius 2 is 1.11 bits per heavy atom. The van der Waals surface area contributed by atoms with E-state index in [0.29, 0.717) is 0 Å². The third-order valence-corrected chi connectivity index (χ3v) is 13.8. The molecule has 4 atom stereocenters. The predicted octanol–water partition coefficient (Wildman–Crippen LogP) is 14.5. The van der Waals surface area contributed by atoms with Gasteiger partial charge in [-0.05, 0) is 74.0 Å². The molecule has 314 valence electrons. The van der Waals surface area contributed by atoms with Crippen molar-refractivity contribution < 1.29 is 0 Å². The molecule has 66 heavy (non-hydrogen) atoms. The first-order chi connectivity index (χ1) is 32.7. The van der Waals surface area contributed by atoms with Crippen molar-refractivity contribution in [1.82, 2.24) is 15.2 Å². The summed E-state index contributed by atoms with van der Waals surface area (Å²) < 4.78 is 2.51. The van der Waals surface area contributed by atoms with Crippen LogP contribution in [0, 0.1) is 0 Å². The maximum atomic E-state index is 5.39. The SMILES string of the molecule is C1=CC2c3ccc4c5ccccc5n(C5NC(c6ccc(-c7ccccc7)cc6)=NC(c6ccccc6)N5)c4c3N(c3ccc(-c4ccc5ccccc5c4)cc3-c3ccccc3)C2C=C1. The van der Waals surface area contributed by atoms with Crippen molar-refractivity contribution in [3.63, 3.8) is 0 Å². The number of anilines is 2. The maximum absolute atomic E-state index is 5.39. The Bertz CT molecular complexity index is 3550. The lowest BCUT2D eigenvalue weighted by Gasteiger charge is -2.35. The van der Waals surface area contributed by atoms with Crippen LogP contribution in [0.25, 0.3) is 66.0 Å². The highest BCUT2D eigenvalue weighted by Crippen LogP contribution is 2.54. The summed E-state index contributed by atoms with van der Waals surface area (Å²) in [6.07, 6.45) is 8.56. The molecule has 10 aromatic rings. The Hall–Kier alpha value is -8.25. The monoisotopic (exact) mass is 847 g/mol. The fourth-order valence-corrected chi connectivity index (χ4v) is 10.7. The van der Waals surface area contributed by atoms with Gasteiger partial charge in [0, 0.05) is 33.5 Å². The highest BCUT2D eigenvalue weighted by Gasteiger charge is 2.41. The van der Waals surface area contributed by atoms with Crippen molar-refractivity contribution in [3.05, 3.63) is 253 Å². The molecular formula is C61H45N5. The number of hydrogen-bond donors (Lipinski definition) is 2. The fourth-order valence-electron chi connectivity index (χ4n) is 10.7. The molecule has 0 spiro atoms. The zero-order chi connectivity index (χ0) is 43.6. The molecule has 9 aromatic carbocycles. The van der Waals surface area contributed by atoms with Gasteiger partial charge in [0.2, 0.25) is 0 Å². The summed E-state index contributed by atoms with van der Waals surface area (Å²) in [7, 11) is 0. The Balaban J connectivity index is 1.01. The normalized spacial score (nSPS) is 18.6. The molecule has 13 rings (SSSR count). The number of nitrogens with zero attached hydrogens (tertiary/aromatic N) is 3. The smallest absolute Gasteiger partial charge is 0.162 e. The highest BCUT2D eigenvalue weighted by atomic mass is 15.4. The molecule has 5 nitrogen and oxygen atoms in total. The summed E-state index contributed by atoms with van der Waals surface area (Å²) in [4.78, 5) is 8.02. The quantitative estimate of drug-likeness (QED) is 0.168. The number of aromatic nitrogens is 1. The first-order valence-corrected chi connectivity index (χ1v) is 22.9. The summed E-state index contributed by atoms with van der Waals surface area (Å²) in [5.41, 5.74) is 15.3. The van der Waals surface area contributed by atoms with Crippen molar-refractivity contribution in [2.75, 3.05) is 4.90 Å². The standard InChI is InChI=1S/C61H45N5/c1-4-16-40(17-5-1)42-28-31-45(32-29-42)60-62-59(44-21-8-3-9-22-44)63-61(64-60)66-55-27-15-13-25-50(55)52-36-35-51-49-24-12-14-26-54(49)65(57(51)58(52)66)56-37-34-48(39-53(56)43-19-6-2-7-20-43)47-33-30-41-18-10-11-23-46(41)38-47/h1-39,49,54,59,61,63H,(H,62,64). The summed E-state index contributed by atoms with van der Waals surface area (Å²) in [5.74, 6) is 1.01. The second-order valence-corrected chi connectivity index (χ2v) is 17.6. The molecule has 0 saturated carbocycles. The summed E-state index contributed by atoms with van der Waals surface area (Å²) in [5, 5.41) is 12.9. The van der Waals surface area contributed by atoms with Crippen LogP contribution in [0.3, 0.4) is 0 Å². The highest BCUT2D eigenvalue weighted by molar-refractivity contribution is 6.15. The Labute approximate surface area is 384 Å². The second kappa shape index (κ2) is 15.8. The third kappa shape index (κ3) is 6.39. The molecule has 3 aliphatic rings. The van der Waals surface area contributed by atoms with Crippen LogP contribution in [0.4, 0.5) is 11.4 Å². The van der Waals surface area contributed by atoms with Crippen LogP contribution in [0.15, 0.2) is 242 Å². The van der Waals surface area contributed by atoms with Crippen molar-refractivity contribution >= 4 is 49.8 Å². The Morgan fingerprint density at radius 1 is 0.470 bits per heavy atom. The van der Waals surface area contributed by atoms with Gasteiger partial charge in [-0.3, -0.25) is 5.32 Å². The number of benzene rings is 9. The number of amidine groups is 1. The number of rotatable bonds is 7. The van der Waals surface area contributed by atoms with Gasteiger partial charge >= 0.3 is 0 Å². The van der Waals surface area contributed by atoms with E-state index in [1.165, 1.54) is 77.4 Å². The molecule has 0 amide bonds. The van der Waals surface area contributed by atoms with E-state index in [9.17, 15) is 0 Å². The van der Waals surface area contributed by atoms with E-state index in [1.807, 2.05) is 0 Å². The first kappa shape index (κ1) is 38.2. The van der Waals surface area contributed by atoms with E-state index in [-0.39, 0.29) is 24.4 Å². The van der Waals surface area contributed by atoms with Gasteiger partial charge in [-0.25, -0.2) is 4.99 Å². The average Bonchev–Trinajstić information content (AvgIpc) is 3.92. The molecule has 0 radical (unpaired) electrons. The van der Waals surface area contributed by atoms with Gasteiger partial charge < -0.3 is 14.8 Å². The van der Waals surface area contributed by atoms with Gasteiger partial charge in [-0.1, -0.05) is 212 Å². The summed E-state index contributed by atoms with van der Waals surface area (Å²) in [6.45, 7) is 0. The topological polar surface area (TPSA) is 44.6 Å². The maximum Gasteiger partial charge on any atom is 0.162 e. The number of nitrogens with one attached hydrogen (secondary N) is 2. The zero-order valence-electron chi connectivity index (χ0n) is 36.2. The van der Waals surface area contributed by atoms with Gasteiger partial charge in [-0.15, -0.1) is 0 Å². The van der Waals surface area contributed by atoms with Crippen LogP contribution in [-0.4, -0.2) is 16.4 Å². The largest absolute Gasteiger partial charge is 0.337 e. The molecule has 5 heteroatoms. The van der Waals surface area contributed by atoms with Crippen LogP contribution >= 0.6 is 0 Å². The molecule has 0 saturated heterocycles. The van der Waals surface area contributed by atoms with E-state index in [1.54, 1.807) is 0 Å². The Morgan fingerprint density at radius 3 is 1.92 bits per heavy atom. The lowest BCUT2D eigenvalue weighted by Crippen LogP contribution is -2.47. The van der Waals surface area contributed by atoms with Gasteiger partial charge in [0.1, 0.15) is 12.0 Å². The van der Waals surface area contributed by atoms with E-state index in [2.05, 4.69) is 257 Å². The number of hydrogen-bond acceptors (Lipinski definition) is 4. The molecule has 1 aliphatic carbocycles. The minimum absolute atomic E-state index is 0.0700. The van der Waals surface area contributed by atoms with Crippen LogP contribution in [0.1, 0.15) is 35.1 Å². The van der Waals surface area contributed by atoms with Crippen molar-refractivity contribution in [3.8, 4) is 33.4 Å². The summed E-state index contributed by atoms with van der Waals surface area (Å²) >= 11 is 0. The van der Waals surface area contributed by atoms with Crippen LogP contribution in [0.5, 0.6) is 0 Å². The second-order valence-electron chi connectivity index (χ2n) is 17.6. The van der Waals surface area contributed by atoms with E-state index >= 15 is 0 Å². The van der Waals surface area contributed by atoms with E-state index in [4.69, 9.17) is 4.99 Å². The van der Waals surface area contributed by atoms with Crippen molar-refractivity contribution in [2.45, 2.75) is 24.4 Å². The first-order valence-electron chi connectivity index (χ1n) is 22.9. The number of allylic oxidation sites excluding steroid dienone is 2. The molecule has 3 heterocycles. The Kier molecular flexibility index (Phi) is 9.14. The van der Waals surface area contributed by atoms with Crippen LogP contribution in [-0.2, 0) is 0 Å². The van der Waals surface area contributed by atoms with E-state index in [0.717, 1.165) is 22.5 Å². The zero-order valence-corrected chi connectivity index (χ0v) is 36.2. The molecule has 4 unspecified atom stereocenters. The van der Waals surface area contributed by atoms with Crippen LogP contribution in [0.2, 0.25) is 0 Å². The minimum atomic E-state index is -0.357. The number of aliphatic imine (C=N–C) groups is 1. The van der Waals surface area contributed by atoms with Gasteiger partial charge in [0.15, 0.2) is 6.29 Å². The molecular weight excluding hydrogens is 803 g/mol. The predicted molar refractivity (Wildman–Crippen MR) is 274 cm³/mol. The lowest BCUT2D eigenvalue weighted by molar-refractivity contribution is 0.329. The third-order valence-electron chi connectivity index (χ3n) is 13.8. The minimum Gasteiger partial charge on any atom is -0.337 e. The molecule has 0 bridgehead atoms. The van der Waals surface area contributed by atoms with Crippen molar-refractivity contribution in [1.29, 1.82) is 0 Å². The molecule has 2 aliphatic heterocycles. The van der Waals surface area contributed by atoms with Crippen molar-refractivity contribution in [2.24, 2.45) is 4.99 Å². The molecule has 0 fully saturated rings. The molecule has 1 aromatic heterocycles. The summed E-state index contributed by atoms with van der Waals surface area (Å²) in [6, 6.07) is 77.0.